The lowest BCUT2D eigenvalue weighted by atomic mass is 9.63. The first-order valence-corrected chi connectivity index (χ1v) is 3.37. The van der Waals surface area contributed by atoms with Crippen LogP contribution in [0.15, 0.2) is 0 Å². The minimum atomic E-state index is 0.564. The van der Waals surface area contributed by atoms with Gasteiger partial charge in [-0.3, -0.25) is 0 Å². The normalized spacial score (nSPS) is 34.1. The summed E-state index contributed by atoms with van der Waals surface area (Å²) in [6, 6.07) is 0. The van der Waals surface area contributed by atoms with Crippen molar-refractivity contribution >= 4 is 0 Å². The van der Waals surface area contributed by atoms with Gasteiger partial charge in [-0.2, -0.15) is 0 Å². The Kier molecular flexibility index (Phi) is 1.31. The SMILES string of the molecule is CC1(C)CCC1CN. The van der Waals surface area contributed by atoms with Gasteiger partial charge in [-0.05, 0) is 30.7 Å². The van der Waals surface area contributed by atoms with Gasteiger partial charge in [-0.25, -0.2) is 0 Å². The molecule has 2 N–H and O–H groups in total. The highest BCUT2D eigenvalue weighted by Gasteiger charge is 2.36. The molecule has 0 heterocycles. The molecule has 0 aromatic rings. The van der Waals surface area contributed by atoms with Gasteiger partial charge in [-0.1, -0.05) is 13.8 Å². The molecule has 0 amide bonds. The molecule has 1 rings (SSSR count). The molecule has 1 saturated carbocycles. The van der Waals surface area contributed by atoms with Crippen molar-refractivity contribution in [3.05, 3.63) is 0 Å². The molecule has 0 aromatic carbocycles. The van der Waals surface area contributed by atoms with Crippen LogP contribution in [0.25, 0.3) is 0 Å². The van der Waals surface area contributed by atoms with E-state index in [1.54, 1.807) is 0 Å². The third kappa shape index (κ3) is 0.752. The summed E-state index contributed by atoms with van der Waals surface area (Å²) in [5, 5.41) is 0. The van der Waals surface area contributed by atoms with Crippen molar-refractivity contribution in [2.45, 2.75) is 26.7 Å². The van der Waals surface area contributed by atoms with Gasteiger partial charge in [0.25, 0.3) is 0 Å². The van der Waals surface area contributed by atoms with E-state index < -0.39 is 0 Å². The summed E-state index contributed by atoms with van der Waals surface area (Å²) in [5.41, 5.74) is 6.07. The highest BCUT2D eigenvalue weighted by molar-refractivity contribution is 4.88. The van der Waals surface area contributed by atoms with Crippen LogP contribution in [0.2, 0.25) is 0 Å². The molecule has 0 bridgehead atoms. The second-order valence-corrected chi connectivity index (χ2v) is 3.46. The third-order valence-corrected chi connectivity index (χ3v) is 2.53. The molecule has 0 spiro atoms. The topological polar surface area (TPSA) is 26.0 Å². The van der Waals surface area contributed by atoms with Crippen LogP contribution in [0.4, 0.5) is 0 Å². The number of rotatable bonds is 1. The zero-order valence-electron chi connectivity index (χ0n) is 5.78. The number of hydrogen-bond acceptors (Lipinski definition) is 1. The van der Waals surface area contributed by atoms with Crippen LogP contribution in [0.5, 0.6) is 0 Å². The maximum atomic E-state index is 5.51. The van der Waals surface area contributed by atoms with E-state index in [1.807, 2.05) is 0 Å². The summed E-state index contributed by atoms with van der Waals surface area (Å²) in [5.74, 6) is 0.808. The van der Waals surface area contributed by atoms with Gasteiger partial charge in [-0.15, -0.1) is 0 Å². The molecule has 1 aliphatic carbocycles. The van der Waals surface area contributed by atoms with E-state index in [9.17, 15) is 0 Å². The monoisotopic (exact) mass is 113 g/mol. The summed E-state index contributed by atoms with van der Waals surface area (Å²) in [6.07, 6.45) is 2.72. The smallest absolute Gasteiger partial charge is 0.00438 e. The molecule has 48 valence electrons. The molecular formula is C7H15N. The number of hydrogen-bond donors (Lipinski definition) is 1. The quantitative estimate of drug-likeness (QED) is 0.546. The van der Waals surface area contributed by atoms with Crippen molar-refractivity contribution in [2.24, 2.45) is 17.1 Å². The Morgan fingerprint density at radius 1 is 1.62 bits per heavy atom. The lowest BCUT2D eigenvalue weighted by Gasteiger charge is -2.43. The van der Waals surface area contributed by atoms with Crippen molar-refractivity contribution in [1.29, 1.82) is 0 Å². The highest BCUT2D eigenvalue weighted by atomic mass is 14.6. The van der Waals surface area contributed by atoms with Gasteiger partial charge in [0.1, 0.15) is 0 Å². The molecule has 1 aliphatic rings. The summed E-state index contributed by atoms with van der Waals surface area (Å²) in [4.78, 5) is 0. The van der Waals surface area contributed by atoms with E-state index in [0.29, 0.717) is 5.41 Å². The largest absolute Gasteiger partial charge is 0.330 e. The van der Waals surface area contributed by atoms with Crippen LogP contribution < -0.4 is 5.73 Å². The van der Waals surface area contributed by atoms with E-state index in [1.165, 1.54) is 12.8 Å². The second kappa shape index (κ2) is 1.73. The van der Waals surface area contributed by atoms with Gasteiger partial charge < -0.3 is 5.73 Å². The Balaban J connectivity index is 2.37. The molecule has 1 fully saturated rings. The zero-order valence-corrected chi connectivity index (χ0v) is 5.78. The van der Waals surface area contributed by atoms with Gasteiger partial charge >= 0.3 is 0 Å². The Morgan fingerprint density at radius 2 is 2.25 bits per heavy atom. The van der Waals surface area contributed by atoms with Crippen LogP contribution in [0.1, 0.15) is 26.7 Å². The van der Waals surface area contributed by atoms with Crippen molar-refractivity contribution in [2.75, 3.05) is 6.54 Å². The first-order valence-electron chi connectivity index (χ1n) is 3.37. The summed E-state index contributed by atoms with van der Waals surface area (Å²) >= 11 is 0. The van der Waals surface area contributed by atoms with E-state index in [0.717, 1.165) is 12.5 Å². The molecule has 1 atom stereocenters. The van der Waals surface area contributed by atoms with Gasteiger partial charge in [0.05, 0.1) is 0 Å². The van der Waals surface area contributed by atoms with Gasteiger partial charge in [0.15, 0.2) is 0 Å². The van der Waals surface area contributed by atoms with Crippen LogP contribution in [0.3, 0.4) is 0 Å². The fraction of sp³-hybridized carbons (Fsp3) is 1.00. The Bertz CT molecular complexity index is 84.4. The second-order valence-electron chi connectivity index (χ2n) is 3.46. The van der Waals surface area contributed by atoms with Gasteiger partial charge in [0.2, 0.25) is 0 Å². The van der Waals surface area contributed by atoms with Crippen LogP contribution in [0, 0.1) is 11.3 Å². The van der Waals surface area contributed by atoms with Crippen LogP contribution in [-0.4, -0.2) is 6.54 Å². The minimum absolute atomic E-state index is 0.564. The van der Waals surface area contributed by atoms with E-state index >= 15 is 0 Å². The standard InChI is InChI=1S/C7H15N/c1-7(2)4-3-6(7)5-8/h6H,3-5,8H2,1-2H3. The van der Waals surface area contributed by atoms with Crippen LogP contribution in [-0.2, 0) is 0 Å². The molecule has 8 heavy (non-hydrogen) atoms. The molecular weight excluding hydrogens is 98.1 g/mol. The Hall–Kier alpha value is -0.0400. The number of nitrogens with two attached hydrogens (primary N) is 1. The predicted octanol–water partition coefficient (Wildman–Crippen LogP) is 1.38. The Labute approximate surface area is 51.3 Å². The molecule has 0 aliphatic heterocycles. The summed E-state index contributed by atoms with van der Waals surface area (Å²) < 4.78 is 0. The third-order valence-electron chi connectivity index (χ3n) is 2.53. The first kappa shape index (κ1) is 6.09. The Morgan fingerprint density at radius 3 is 2.25 bits per heavy atom. The summed E-state index contributed by atoms with van der Waals surface area (Å²) in [7, 11) is 0. The molecule has 1 unspecified atom stereocenters. The van der Waals surface area contributed by atoms with Crippen molar-refractivity contribution in [3.63, 3.8) is 0 Å². The van der Waals surface area contributed by atoms with Crippen molar-refractivity contribution < 1.29 is 0 Å². The lowest BCUT2D eigenvalue weighted by molar-refractivity contribution is 0.0800. The van der Waals surface area contributed by atoms with Crippen molar-refractivity contribution in [3.8, 4) is 0 Å². The van der Waals surface area contributed by atoms with E-state index in [4.69, 9.17) is 5.73 Å². The molecule has 1 heteroatoms. The maximum Gasteiger partial charge on any atom is -0.00438 e. The molecule has 0 radical (unpaired) electrons. The first-order chi connectivity index (χ1) is 3.67. The molecule has 1 nitrogen and oxygen atoms in total. The van der Waals surface area contributed by atoms with Crippen LogP contribution >= 0.6 is 0 Å². The van der Waals surface area contributed by atoms with E-state index in [2.05, 4.69) is 13.8 Å². The zero-order chi connectivity index (χ0) is 6.20. The summed E-state index contributed by atoms with van der Waals surface area (Å²) in [6.45, 7) is 5.48. The maximum absolute atomic E-state index is 5.51. The molecule has 0 saturated heterocycles. The lowest BCUT2D eigenvalue weighted by Crippen LogP contribution is -2.39. The average Bonchev–Trinajstić information content (AvgIpc) is 1.66. The van der Waals surface area contributed by atoms with Gasteiger partial charge in [0, 0.05) is 0 Å². The molecule has 0 aromatic heterocycles. The van der Waals surface area contributed by atoms with Crippen molar-refractivity contribution in [1.82, 2.24) is 0 Å². The predicted molar refractivity (Wildman–Crippen MR) is 35.6 cm³/mol. The van der Waals surface area contributed by atoms with E-state index in [-0.39, 0.29) is 0 Å². The fourth-order valence-corrected chi connectivity index (χ4v) is 1.36. The highest BCUT2D eigenvalue weighted by Crippen LogP contribution is 2.44. The average molecular weight is 113 g/mol. The fourth-order valence-electron chi connectivity index (χ4n) is 1.36. The minimum Gasteiger partial charge on any atom is -0.330 e.